The molecule has 2 rings (SSSR count). The molecule has 1 aliphatic heterocycles. The molecule has 0 atom stereocenters. The Labute approximate surface area is 96.7 Å². The Morgan fingerprint density at radius 2 is 2.20 bits per heavy atom. The first-order valence-corrected chi connectivity index (χ1v) is 5.42. The van der Waals surface area contributed by atoms with E-state index in [1.165, 1.54) is 0 Å². The van der Waals surface area contributed by atoms with Crippen LogP contribution in [0.5, 0.6) is 0 Å². The largest absolute Gasteiger partial charge is 0.391 e. The van der Waals surface area contributed by atoms with E-state index in [4.69, 9.17) is 0 Å². The van der Waals surface area contributed by atoms with E-state index in [-0.39, 0.29) is 5.91 Å². The quantitative estimate of drug-likeness (QED) is 0.767. The molecule has 1 aromatic carbocycles. The van der Waals surface area contributed by atoms with Gasteiger partial charge in [-0.05, 0) is 19.1 Å². The average Bonchev–Trinajstić information content (AvgIpc) is 2.52. The van der Waals surface area contributed by atoms with Crippen molar-refractivity contribution in [1.29, 1.82) is 0 Å². The predicted molar refractivity (Wildman–Crippen MR) is 64.4 cm³/mol. The maximum Gasteiger partial charge on any atom is 0.258 e. The Hall–Kier alpha value is -1.29. The number of nitrogens with one attached hydrogen (secondary N) is 2. The minimum absolute atomic E-state index is 0.0463. The van der Waals surface area contributed by atoms with Gasteiger partial charge in [0.2, 0.25) is 0 Å². The highest BCUT2D eigenvalue weighted by Gasteiger charge is 2.25. The summed E-state index contributed by atoms with van der Waals surface area (Å²) in [4.78, 5) is 11.7. The molecule has 15 heavy (non-hydrogen) atoms. The standard InChI is InChI=1S/C11H11BrN2O/c1-6(13-2)10-8-4-3-7(12)5-9(8)14-11(10)15/h3-5,13H,1-2H3,(H,14,15)/b10-6-. The number of hydrogen-bond donors (Lipinski definition) is 2. The molecule has 2 N–H and O–H groups in total. The van der Waals surface area contributed by atoms with E-state index in [0.717, 1.165) is 27.0 Å². The lowest BCUT2D eigenvalue weighted by molar-refractivity contribution is -0.110. The summed E-state index contributed by atoms with van der Waals surface area (Å²) in [6.07, 6.45) is 0. The molecule has 1 aromatic rings. The zero-order chi connectivity index (χ0) is 11.0. The summed E-state index contributed by atoms with van der Waals surface area (Å²) in [6.45, 7) is 1.89. The Balaban J connectivity index is 2.61. The number of allylic oxidation sites excluding steroid dienone is 1. The number of rotatable bonds is 1. The summed E-state index contributed by atoms with van der Waals surface area (Å²) >= 11 is 3.38. The van der Waals surface area contributed by atoms with Gasteiger partial charge >= 0.3 is 0 Å². The summed E-state index contributed by atoms with van der Waals surface area (Å²) in [7, 11) is 1.81. The van der Waals surface area contributed by atoms with Gasteiger partial charge in [-0.1, -0.05) is 22.0 Å². The highest BCUT2D eigenvalue weighted by molar-refractivity contribution is 9.10. The van der Waals surface area contributed by atoms with Crippen molar-refractivity contribution in [3.8, 4) is 0 Å². The Kier molecular flexibility index (Phi) is 2.52. The van der Waals surface area contributed by atoms with Crippen molar-refractivity contribution in [2.24, 2.45) is 0 Å². The molecule has 1 heterocycles. The first-order chi connectivity index (χ1) is 7.13. The molecular formula is C11H11BrN2O. The SMILES string of the molecule is CN/C(C)=C1\C(=O)Nc2cc(Br)ccc21. The van der Waals surface area contributed by atoms with Crippen LogP contribution in [-0.4, -0.2) is 13.0 Å². The molecule has 0 bridgehead atoms. The van der Waals surface area contributed by atoms with Gasteiger partial charge in [0, 0.05) is 22.8 Å². The highest BCUT2D eigenvalue weighted by atomic mass is 79.9. The van der Waals surface area contributed by atoms with Crippen LogP contribution in [0.15, 0.2) is 28.4 Å². The number of carbonyl (C=O) groups is 1. The molecule has 0 fully saturated rings. The van der Waals surface area contributed by atoms with Crippen molar-refractivity contribution >= 4 is 33.1 Å². The van der Waals surface area contributed by atoms with Gasteiger partial charge in [0.15, 0.2) is 0 Å². The fourth-order valence-electron chi connectivity index (χ4n) is 1.64. The topological polar surface area (TPSA) is 41.1 Å². The summed E-state index contributed by atoms with van der Waals surface area (Å²) in [5, 5.41) is 5.84. The zero-order valence-corrected chi connectivity index (χ0v) is 10.1. The zero-order valence-electron chi connectivity index (χ0n) is 8.52. The van der Waals surface area contributed by atoms with Gasteiger partial charge in [0.25, 0.3) is 5.91 Å². The lowest BCUT2D eigenvalue weighted by Crippen LogP contribution is -2.11. The lowest BCUT2D eigenvalue weighted by Gasteiger charge is -2.03. The van der Waals surface area contributed by atoms with Gasteiger partial charge in [-0.2, -0.15) is 0 Å². The number of hydrogen-bond acceptors (Lipinski definition) is 2. The van der Waals surface area contributed by atoms with Crippen LogP contribution in [0.1, 0.15) is 12.5 Å². The predicted octanol–water partition coefficient (Wildman–Crippen LogP) is 2.35. The third-order valence-electron chi connectivity index (χ3n) is 2.48. The normalized spacial score (nSPS) is 17.1. The second-order valence-electron chi connectivity index (χ2n) is 3.39. The van der Waals surface area contributed by atoms with Crippen molar-refractivity contribution in [3.05, 3.63) is 33.9 Å². The lowest BCUT2D eigenvalue weighted by atomic mass is 10.1. The van der Waals surface area contributed by atoms with E-state index < -0.39 is 0 Å². The monoisotopic (exact) mass is 266 g/mol. The van der Waals surface area contributed by atoms with E-state index in [1.54, 1.807) is 0 Å². The molecule has 0 aliphatic carbocycles. The van der Waals surface area contributed by atoms with Crippen LogP contribution in [-0.2, 0) is 4.79 Å². The highest BCUT2D eigenvalue weighted by Crippen LogP contribution is 2.34. The van der Waals surface area contributed by atoms with Gasteiger partial charge in [-0.3, -0.25) is 4.79 Å². The number of fused-ring (bicyclic) bond motifs is 1. The van der Waals surface area contributed by atoms with Crippen LogP contribution < -0.4 is 10.6 Å². The van der Waals surface area contributed by atoms with Gasteiger partial charge in [0.1, 0.15) is 0 Å². The molecule has 3 nitrogen and oxygen atoms in total. The van der Waals surface area contributed by atoms with E-state index in [0.29, 0.717) is 0 Å². The maximum atomic E-state index is 11.7. The first kappa shape index (κ1) is 10.2. The van der Waals surface area contributed by atoms with Crippen molar-refractivity contribution in [3.63, 3.8) is 0 Å². The number of carbonyl (C=O) groups excluding carboxylic acids is 1. The molecule has 1 aliphatic rings. The summed E-state index contributed by atoms with van der Waals surface area (Å²) in [6, 6.07) is 5.78. The molecular weight excluding hydrogens is 256 g/mol. The van der Waals surface area contributed by atoms with Crippen molar-refractivity contribution < 1.29 is 4.79 Å². The van der Waals surface area contributed by atoms with Crippen LogP contribution in [0, 0.1) is 0 Å². The van der Waals surface area contributed by atoms with Crippen molar-refractivity contribution in [1.82, 2.24) is 5.32 Å². The fraction of sp³-hybridized carbons (Fsp3) is 0.182. The Morgan fingerprint density at radius 3 is 2.87 bits per heavy atom. The van der Waals surface area contributed by atoms with Crippen molar-refractivity contribution in [2.75, 3.05) is 12.4 Å². The molecule has 0 radical (unpaired) electrons. The second kappa shape index (κ2) is 3.70. The van der Waals surface area contributed by atoms with Crippen molar-refractivity contribution in [2.45, 2.75) is 6.92 Å². The Morgan fingerprint density at radius 1 is 1.47 bits per heavy atom. The second-order valence-corrected chi connectivity index (χ2v) is 4.31. The molecule has 0 saturated carbocycles. The smallest absolute Gasteiger partial charge is 0.258 e. The van der Waals surface area contributed by atoms with E-state index in [1.807, 2.05) is 32.2 Å². The van der Waals surface area contributed by atoms with Crippen LogP contribution in [0.25, 0.3) is 5.57 Å². The molecule has 78 valence electrons. The number of halogens is 1. The summed E-state index contributed by atoms with van der Waals surface area (Å²) in [5.74, 6) is -0.0463. The van der Waals surface area contributed by atoms with Gasteiger partial charge < -0.3 is 10.6 Å². The van der Waals surface area contributed by atoms with Gasteiger partial charge in [0.05, 0.1) is 11.3 Å². The van der Waals surface area contributed by atoms with Gasteiger partial charge in [-0.15, -0.1) is 0 Å². The third-order valence-corrected chi connectivity index (χ3v) is 2.97. The number of amides is 1. The maximum absolute atomic E-state index is 11.7. The molecule has 0 unspecified atom stereocenters. The number of anilines is 1. The average molecular weight is 267 g/mol. The van der Waals surface area contributed by atoms with Crippen LogP contribution >= 0.6 is 15.9 Å². The molecule has 1 amide bonds. The molecule has 0 aromatic heterocycles. The van der Waals surface area contributed by atoms with Gasteiger partial charge in [-0.25, -0.2) is 0 Å². The third kappa shape index (κ3) is 1.65. The Bertz CT molecular complexity index is 466. The van der Waals surface area contributed by atoms with E-state index >= 15 is 0 Å². The summed E-state index contributed by atoms with van der Waals surface area (Å²) < 4.78 is 0.963. The summed E-state index contributed by atoms with van der Waals surface area (Å²) in [5.41, 5.74) is 3.42. The molecule has 0 saturated heterocycles. The molecule has 0 spiro atoms. The first-order valence-electron chi connectivity index (χ1n) is 4.63. The van der Waals surface area contributed by atoms with Crippen LogP contribution in [0.2, 0.25) is 0 Å². The van der Waals surface area contributed by atoms with E-state index in [9.17, 15) is 4.79 Å². The number of benzene rings is 1. The molecule has 4 heteroatoms. The fourth-order valence-corrected chi connectivity index (χ4v) is 2.00. The minimum Gasteiger partial charge on any atom is -0.391 e. The minimum atomic E-state index is -0.0463. The van der Waals surface area contributed by atoms with Crippen LogP contribution in [0.3, 0.4) is 0 Å². The van der Waals surface area contributed by atoms with Crippen LogP contribution in [0.4, 0.5) is 5.69 Å². The van der Waals surface area contributed by atoms with E-state index in [2.05, 4.69) is 26.6 Å².